The highest BCUT2D eigenvalue weighted by atomic mass is 35.5. The second-order valence-corrected chi connectivity index (χ2v) is 11.0. The second kappa shape index (κ2) is 11.7. The summed E-state index contributed by atoms with van der Waals surface area (Å²) in [5, 5.41) is 17.2. The SMILES string of the molecule is O=C(NCC1CCN(CC2CCCN(C(=O)O)C2)C1)C1CCN(c2nc(-c3ccc(Cl)cc3)no2)CC1. The van der Waals surface area contributed by atoms with E-state index in [0.717, 1.165) is 57.3 Å². The summed E-state index contributed by atoms with van der Waals surface area (Å²) < 4.78 is 5.48. The van der Waals surface area contributed by atoms with Crippen molar-refractivity contribution in [2.45, 2.75) is 32.1 Å². The van der Waals surface area contributed by atoms with Gasteiger partial charge >= 0.3 is 12.1 Å². The molecule has 10 nitrogen and oxygen atoms in total. The fourth-order valence-corrected chi connectivity index (χ4v) is 5.91. The number of carboxylic acid groups (broad SMARTS) is 1. The van der Waals surface area contributed by atoms with Gasteiger partial charge in [-0.3, -0.25) is 4.79 Å². The number of aromatic nitrogens is 2. The molecule has 4 heterocycles. The molecule has 0 radical (unpaired) electrons. The predicted molar refractivity (Wildman–Crippen MR) is 140 cm³/mol. The first-order chi connectivity index (χ1) is 17.9. The number of nitrogens with one attached hydrogen (secondary N) is 1. The highest BCUT2D eigenvalue weighted by molar-refractivity contribution is 6.30. The molecule has 37 heavy (non-hydrogen) atoms. The number of hydrogen-bond acceptors (Lipinski definition) is 7. The van der Waals surface area contributed by atoms with Gasteiger partial charge in [0.05, 0.1) is 0 Å². The molecule has 1 aromatic carbocycles. The van der Waals surface area contributed by atoms with Crippen LogP contribution in [-0.2, 0) is 4.79 Å². The normalized spacial score (nSPS) is 23.4. The highest BCUT2D eigenvalue weighted by Gasteiger charge is 2.31. The van der Waals surface area contributed by atoms with Gasteiger partial charge < -0.3 is 29.6 Å². The monoisotopic (exact) mass is 530 g/mol. The Kier molecular flexibility index (Phi) is 8.14. The van der Waals surface area contributed by atoms with Crippen LogP contribution in [0.5, 0.6) is 0 Å². The summed E-state index contributed by atoms with van der Waals surface area (Å²) in [4.78, 5) is 34.7. The van der Waals surface area contributed by atoms with Gasteiger partial charge in [0.25, 0.3) is 0 Å². The zero-order valence-electron chi connectivity index (χ0n) is 21.0. The lowest BCUT2D eigenvalue weighted by molar-refractivity contribution is -0.125. The molecule has 3 aliphatic heterocycles. The van der Waals surface area contributed by atoms with E-state index in [4.69, 9.17) is 16.1 Å². The fraction of sp³-hybridized carbons (Fsp3) is 0.615. The van der Waals surface area contributed by atoms with E-state index in [1.807, 2.05) is 17.0 Å². The Balaban J connectivity index is 1.02. The van der Waals surface area contributed by atoms with Gasteiger partial charge in [-0.15, -0.1) is 0 Å². The summed E-state index contributed by atoms with van der Waals surface area (Å²) in [6, 6.07) is 7.80. The van der Waals surface area contributed by atoms with Crippen molar-refractivity contribution in [1.82, 2.24) is 25.3 Å². The Hall–Kier alpha value is -2.85. The number of carbonyl (C=O) groups excluding carboxylic acids is 1. The van der Waals surface area contributed by atoms with Crippen LogP contribution in [0.2, 0.25) is 5.02 Å². The predicted octanol–water partition coefficient (Wildman–Crippen LogP) is 3.43. The third kappa shape index (κ3) is 6.54. The molecule has 200 valence electrons. The van der Waals surface area contributed by atoms with Gasteiger partial charge in [0.1, 0.15) is 0 Å². The summed E-state index contributed by atoms with van der Waals surface area (Å²) in [5.41, 5.74) is 0.847. The fourth-order valence-electron chi connectivity index (χ4n) is 5.78. The number of nitrogens with zero attached hydrogens (tertiary/aromatic N) is 5. The lowest BCUT2D eigenvalue weighted by Gasteiger charge is -2.33. The minimum absolute atomic E-state index is 0.00310. The maximum atomic E-state index is 12.8. The molecule has 2 amide bonds. The van der Waals surface area contributed by atoms with Crippen LogP contribution in [0, 0.1) is 17.8 Å². The number of halogens is 1. The number of amides is 2. The molecule has 2 atom stereocenters. The molecule has 3 aliphatic rings. The third-order valence-electron chi connectivity index (χ3n) is 7.89. The summed E-state index contributed by atoms with van der Waals surface area (Å²) >= 11 is 5.95. The van der Waals surface area contributed by atoms with E-state index in [0.29, 0.717) is 61.4 Å². The molecule has 0 bridgehead atoms. The van der Waals surface area contributed by atoms with Gasteiger partial charge in [-0.1, -0.05) is 16.8 Å². The molecule has 3 fully saturated rings. The number of carbonyl (C=O) groups is 2. The molecule has 1 aromatic heterocycles. The number of benzene rings is 1. The van der Waals surface area contributed by atoms with E-state index < -0.39 is 6.09 Å². The molecule has 2 N–H and O–H groups in total. The maximum absolute atomic E-state index is 12.8. The average Bonchev–Trinajstić information content (AvgIpc) is 3.58. The van der Waals surface area contributed by atoms with Crippen LogP contribution in [0.1, 0.15) is 32.1 Å². The van der Waals surface area contributed by atoms with Gasteiger partial charge in [0, 0.05) is 62.3 Å². The van der Waals surface area contributed by atoms with Crippen LogP contribution in [0.25, 0.3) is 11.4 Å². The van der Waals surface area contributed by atoms with Crippen molar-refractivity contribution in [3.63, 3.8) is 0 Å². The Bertz CT molecular complexity index is 1070. The van der Waals surface area contributed by atoms with E-state index in [1.165, 1.54) is 0 Å². The average molecular weight is 531 g/mol. The van der Waals surface area contributed by atoms with Crippen LogP contribution in [0.4, 0.5) is 10.8 Å². The van der Waals surface area contributed by atoms with Crippen molar-refractivity contribution in [3.05, 3.63) is 29.3 Å². The molecule has 3 saturated heterocycles. The Morgan fingerprint density at radius 3 is 2.57 bits per heavy atom. The molecule has 2 aromatic rings. The molecule has 11 heteroatoms. The molecular formula is C26H35ClN6O4. The van der Waals surface area contributed by atoms with Crippen LogP contribution in [-0.4, -0.2) is 89.4 Å². The summed E-state index contributed by atoms with van der Waals surface area (Å²) in [7, 11) is 0. The van der Waals surface area contributed by atoms with E-state index in [1.54, 1.807) is 17.0 Å². The number of rotatable bonds is 7. The zero-order valence-corrected chi connectivity index (χ0v) is 21.8. The molecular weight excluding hydrogens is 496 g/mol. The lowest BCUT2D eigenvalue weighted by atomic mass is 9.96. The molecule has 0 aliphatic carbocycles. The van der Waals surface area contributed by atoms with Crippen molar-refractivity contribution in [2.75, 3.05) is 57.3 Å². The van der Waals surface area contributed by atoms with E-state index in [-0.39, 0.29) is 11.8 Å². The van der Waals surface area contributed by atoms with Crippen molar-refractivity contribution < 1.29 is 19.2 Å². The van der Waals surface area contributed by atoms with Gasteiger partial charge in [0.2, 0.25) is 11.7 Å². The van der Waals surface area contributed by atoms with E-state index >= 15 is 0 Å². The maximum Gasteiger partial charge on any atom is 0.407 e. The quantitative estimate of drug-likeness (QED) is 0.559. The molecule has 0 saturated carbocycles. The van der Waals surface area contributed by atoms with Gasteiger partial charge in [0.15, 0.2) is 0 Å². The van der Waals surface area contributed by atoms with Crippen molar-refractivity contribution >= 4 is 29.6 Å². The van der Waals surface area contributed by atoms with E-state index in [9.17, 15) is 14.7 Å². The standard InChI is InChI=1S/C26H35ClN6O4/c27-22-5-3-20(4-6-22)23-29-25(37-30-23)32-12-8-21(9-13-32)24(34)28-14-18-7-11-31(15-18)16-19-2-1-10-33(17-19)26(35)36/h3-6,18-19,21H,1-2,7-17H2,(H,28,34)(H,35,36). The second-order valence-electron chi connectivity index (χ2n) is 10.6. The van der Waals surface area contributed by atoms with Gasteiger partial charge in [-0.2, -0.15) is 4.98 Å². The first-order valence-corrected chi connectivity index (χ1v) is 13.6. The summed E-state index contributed by atoms with van der Waals surface area (Å²) in [6.45, 7) is 6.33. The Labute approximate surface area is 221 Å². The Morgan fingerprint density at radius 1 is 1.03 bits per heavy atom. The number of anilines is 1. The van der Waals surface area contributed by atoms with Crippen molar-refractivity contribution in [1.29, 1.82) is 0 Å². The largest absolute Gasteiger partial charge is 0.465 e. The first kappa shape index (κ1) is 25.8. The van der Waals surface area contributed by atoms with Crippen LogP contribution in [0.15, 0.2) is 28.8 Å². The smallest absolute Gasteiger partial charge is 0.407 e. The van der Waals surface area contributed by atoms with Crippen LogP contribution < -0.4 is 10.2 Å². The first-order valence-electron chi connectivity index (χ1n) is 13.3. The molecule has 2 unspecified atom stereocenters. The lowest BCUT2D eigenvalue weighted by Crippen LogP contribution is -2.43. The summed E-state index contributed by atoms with van der Waals surface area (Å²) in [5.74, 6) is 1.52. The highest BCUT2D eigenvalue weighted by Crippen LogP contribution is 2.26. The van der Waals surface area contributed by atoms with Gasteiger partial charge in [-0.25, -0.2) is 4.79 Å². The minimum Gasteiger partial charge on any atom is -0.465 e. The number of piperidine rings is 2. The van der Waals surface area contributed by atoms with Gasteiger partial charge in [-0.05, 0) is 74.8 Å². The topological polar surface area (TPSA) is 115 Å². The number of hydrogen-bond donors (Lipinski definition) is 2. The van der Waals surface area contributed by atoms with Crippen molar-refractivity contribution in [3.8, 4) is 11.4 Å². The van der Waals surface area contributed by atoms with Crippen LogP contribution in [0.3, 0.4) is 0 Å². The van der Waals surface area contributed by atoms with Crippen molar-refractivity contribution in [2.24, 2.45) is 17.8 Å². The molecule has 5 rings (SSSR count). The van der Waals surface area contributed by atoms with Crippen LogP contribution >= 0.6 is 11.6 Å². The zero-order chi connectivity index (χ0) is 25.8. The Morgan fingerprint density at radius 2 is 1.81 bits per heavy atom. The minimum atomic E-state index is -0.808. The third-order valence-corrected chi connectivity index (χ3v) is 8.15. The van der Waals surface area contributed by atoms with E-state index in [2.05, 4.69) is 20.4 Å². The summed E-state index contributed by atoms with van der Waals surface area (Å²) in [6.07, 6.45) is 3.80. The molecule has 0 spiro atoms. The number of likely N-dealkylation sites (tertiary alicyclic amines) is 2.